The number of ether oxygens (including phenoxy) is 1. The van der Waals surface area contributed by atoms with Crippen LogP contribution in [0.5, 0.6) is 0 Å². The Morgan fingerprint density at radius 1 is 1.28 bits per heavy atom. The lowest BCUT2D eigenvalue weighted by atomic mass is 10.1. The maximum Gasteiger partial charge on any atom is 0.118 e. The Hall–Kier alpha value is -1.10. The fourth-order valence-electron chi connectivity index (χ4n) is 1.32. The van der Waals surface area contributed by atoms with Crippen LogP contribution in [0.15, 0.2) is 35.1 Å². The van der Waals surface area contributed by atoms with Crippen LogP contribution in [-0.4, -0.2) is 38.3 Å². The van der Waals surface area contributed by atoms with E-state index in [0.717, 1.165) is 12.3 Å². The lowest BCUT2D eigenvalue weighted by molar-refractivity contribution is 0.305. The van der Waals surface area contributed by atoms with Crippen molar-refractivity contribution < 1.29 is 4.74 Å². The number of likely N-dealkylation sites (N-methyl/N-ethyl adjacent to an activating group) is 1. The third-order valence-corrected chi connectivity index (χ3v) is 2.60. The van der Waals surface area contributed by atoms with Crippen LogP contribution < -0.4 is 11.5 Å². The Balaban J connectivity index is 4.42. The second-order valence-corrected chi connectivity index (χ2v) is 4.72. The molecule has 0 atom stereocenters. The van der Waals surface area contributed by atoms with Gasteiger partial charge in [0.1, 0.15) is 5.76 Å². The van der Waals surface area contributed by atoms with Gasteiger partial charge in [-0.15, -0.1) is 0 Å². The third-order valence-electron chi connectivity index (χ3n) is 2.60. The van der Waals surface area contributed by atoms with E-state index < -0.39 is 0 Å². The van der Waals surface area contributed by atoms with E-state index in [1.807, 2.05) is 25.3 Å². The molecule has 4 nitrogen and oxygen atoms in total. The van der Waals surface area contributed by atoms with Gasteiger partial charge in [-0.05, 0) is 45.5 Å². The van der Waals surface area contributed by atoms with Gasteiger partial charge in [-0.25, -0.2) is 0 Å². The normalized spacial score (nSPS) is 12.6. The predicted octanol–water partition coefficient (Wildman–Crippen LogP) is 1.60. The summed E-state index contributed by atoms with van der Waals surface area (Å²) in [6, 6.07) is 0. The summed E-state index contributed by atoms with van der Waals surface area (Å²) >= 11 is 0. The molecule has 0 aliphatic rings. The number of hydrogen-bond acceptors (Lipinski definition) is 4. The van der Waals surface area contributed by atoms with E-state index in [1.54, 1.807) is 7.11 Å². The van der Waals surface area contributed by atoms with Crippen LogP contribution in [0, 0.1) is 0 Å². The first-order valence-corrected chi connectivity index (χ1v) is 6.12. The number of hydrogen-bond donors (Lipinski definition) is 2. The molecule has 0 unspecified atom stereocenters. The SMILES string of the molecule is COC(=C\C(C)=C(C)C)/C=C/CN(C)CC(N)N. The Labute approximate surface area is 111 Å². The summed E-state index contributed by atoms with van der Waals surface area (Å²) in [6.45, 7) is 7.70. The molecule has 0 spiro atoms. The smallest absolute Gasteiger partial charge is 0.118 e. The first-order valence-electron chi connectivity index (χ1n) is 6.12. The molecular weight excluding hydrogens is 226 g/mol. The van der Waals surface area contributed by atoms with Gasteiger partial charge < -0.3 is 16.2 Å². The molecule has 4 heteroatoms. The zero-order valence-corrected chi connectivity index (χ0v) is 12.2. The molecule has 4 N–H and O–H groups in total. The summed E-state index contributed by atoms with van der Waals surface area (Å²) in [4.78, 5) is 2.06. The first kappa shape index (κ1) is 16.9. The number of allylic oxidation sites excluding steroid dienone is 4. The Morgan fingerprint density at radius 3 is 2.33 bits per heavy atom. The van der Waals surface area contributed by atoms with E-state index in [4.69, 9.17) is 16.2 Å². The van der Waals surface area contributed by atoms with Crippen molar-refractivity contribution in [2.45, 2.75) is 26.9 Å². The van der Waals surface area contributed by atoms with Gasteiger partial charge in [0, 0.05) is 13.1 Å². The van der Waals surface area contributed by atoms with Crippen molar-refractivity contribution in [2.24, 2.45) is 11.5 Å². The predicted molar refractivity (Wildman–Crippen MR) is 77.9 cm³/mol. The van der Waals surface area contributed by atoms with Crippen LogP contribution in [-0.2, 0) is 4.74 Å². The van der Waals surface area contributed by atoms with Gasteiger partial charge >= 0.3 is 0 Å². The van der Waals surface area contributed by atoms with Gasteiger partial charge in [-0.2, -0.15) is 0 Å². The summed E-state index contributed by atoms with van der Waals surface area (Å²) in [5.74, 6) is 0.846. The van der Waals surface area contributed by atoms with Crippen molar-refractivity contribution in [1.82, 2.24) is 4.90 Å². The molecule has 0 saturated heterocycles. The highest BCUT2D eigenvalue weighted by Crippen LogP contribution is 2.09. The molecule has 0 radical (unpaired) electrons. The van der Waals surface area contributed by atoms with Gasteiger partial charge in [-0.3, -0.25) is 4.90 Å². The van der Waals surface area contributed by atoms with Crippen LogP contribution in [0.1, 0.15) is 20.8 Å². The van der Waals surface area contributed by atoms with Crippen molar-refractivity contribution in [3.8, 4) is 0 Å². The second-order valence-electron chi connectivity index (χ2n) is 4.72. The van der Waals surface area contributed by atoms with Crippen LogP contribution in [0.2, 0.25) is 0 Å². The zero-order chi connectivity index (χ0) is 14.1. The Bertz CT molecular complexity index is 326. The van der Waals surface area contributed by atoms with Gasteiger partial charge in [0.25, 0.3) is 0 Å². The van der Waals surface area contributed by atoms with E-state index >= 15 is 0 Å². The molecule has 0 aromatic carbocycles. The van der Waals surface area contributed by atoms with Gasteiger partial charge in [-0.1, -0.05) is 11.6 Å². The summed E-state index contributed by atoms with van der Waals surface area (Å²) in [6.07, 6.45) is 5.73. The van der Waals surface area contributed by atoms with Crippen LogP contribution in [0.3, 0.4) is 0 Å². The van der Waals surface area contributed by atoms with Crippen molar-refractivity contribution in [1.29, 1.82) is 0 Å². The first-order chi connectivity index (χ1) is 8.36. The van der Waals surface area contributed by atoms with Crippen molar-refractivity contribution in [2.75, 3.05) is 27.2 Å². The molecule has 0 aromatic heterocycles. The quantitative estimate of drug-likeness (QED) is 0.411. The van der Waals surface area contributed by atoms with E-state index in [-0.39, 0.29) is 6.17 Å². The van der Waals surface area contributed by atoms with E-state index in [9.17, 15) is 0 Å². The minimum Gasteiger partial charge on any atom is -0.497 e. The molecule has 0 heterocycles. The monoisotopic (exact) mass is 253 g/mol. The molecule has 0 bridgehead atoms. The lowest BCUT2D eigenvalue weighted by Gasteiger charge is -2.16. The number of nitrogens with two attached hydrogens (primary N) is 2. The van der Waals surface area contributed by atoms with Crippen LogP contribution in [0.4, 0.5) is 0 Å². The maximum atomic E-state index is 5.52. The molecule has 0 aliphatic heterocycles. The molecule has 104 valence electrons. The van der Waals surface area contributed by atoms with Gasteiger partial charge in [0.2, 0.25) is 0 Å². The Morgan fingerprint density at radius 2 is 1.89 bits per heavy atom. The molecule has 0 amide bonds. The van der Waals surface area contributed by atoms with Crippen molar-refractivity contribution in [3.05, 3.63) is 35.1 Å². The summed E-state index contributed by atoms with van der Waals surface area (Å²) in [7, 11) is 3.66. The maximum absolute atomic E-state index is 5.52. The molecule has 0 saturated carbocycles. The average molecular weight is 253 g/mol. The van der Waals surface area contributed by atoms with Crippen LogP contribution in [0.25, 0.3) is 0 Å². The molecule has 0 rings (SSSR count). The summed E-state index contributed by atoms with van der Waals surface area (Å²) in [5, 5.41) is 0. The van der Waals surface area contributed by atoms with E-state index in [1.165, 1.54) is 11.1 Å². The lowest BCUT2D eigenvalue weighted by Crippen LogP contribution is -2.41. The highest BCUT2D eigenvalue weighted by Gasteiger charge is 1.99. The van der Waals surface area contributed by atoms with Gasteiger partial charge in [0.15, 0.2) is 0 Å². The minimum absolute atomic E-state index is 0.297. The van der Waals surface area contributed by atoms with E-state index in [2.05, 4.69) is 25.7 Å². The van der Waals surface area contributed by atoms with Crippen molar-refractivity contribution in [3.63, 3.8) is 0 Å². The number of methoxy groups -OCH3 is 1. The third kappa shape index (κ3) is 8.06. The zero-order valence-electron chi connectivity index (χ0n) is 12.2. The Kier molecular flexibility index (Phi) is 8.37. The molecule has 18 heavy (non-hydrogen) atoms. The molecule has 0 aliphatic carbocycles. The largest absolute Gasteiger partial charge is 0.497 e. The van der Waals surface area contributed by atoms with E-state index in [0.29, 0.717) is 6.54 Å². The van der Waals surface area contributed by atoms with Gasteiger partial charge in [0.05, 0.1) is 13.3 Å². The fraction of sp³-hybridized carbons (Fsp3) is 0.571. The summed E-state index contributed by atoms with van der Waals surface area (Å²) < 4.78 is 5.31. The molecule has 0 aromatic rings. The standard InChI is InChI=1S/C14H27N3O/c1-11(2)12(3)9-13(18-5)7-6-8-17(4)10-14(15)16/h6-7,9,14H,8,10,15-16H2,1-5H3/b7-6+,13-9-. The highest BCUT2D eigenvalue weighted by molar-refractivity contribution is 5.27. The minimum atomic E-state index is -0.297. The second kappa shape index (κ2) is 8.91. The highest BCUT2D eigenvalue weighted by atomic mass is 16.5. The average Bonchev–Trinajstić information content (AvgIpc) is 2.26. The van der Waals surface area contributed by atoms with Crippen molar-refractivity contribution >= 4 is 0 Å². The summed E-state index contributed by atoms with van der Waals surface area (Å²) in [5.41, 5.74) is 13.5. The molecule has 0 fully saturated rings. The topological polar surface area (TPSA) is 64.5 Å². The molecular formula is C14H27N3O. The van der Waals surface area contributed by atoms with Crippen LogP contribution >= 0.6 is 0 Å². The number of nitrogens with zero attached hydrogens (tertiary/aromatic N) is 1. The number of rotatable bonds is 7. The fourth-order valence-corrected chi connectivity index (χ4v) is 1.32.